The number of hydrogen-bond donors (Lipinski definition) is 1. The van der Waals surface area contributed by atoms with Crippen LogP contribution in [0.4, 0.5) is 5.82 Å². The first-order valence-electron chi connectivity index (χ1n) is 8.97. The van der Waals surface area contributed by atoms with Crippen LogP contribution >= 0.6 is 0 Å². The quantitative estimate of drug-likeness (QED) is 0.397. The molecule has 144 valence electrons. The maximum absolute atomic E-state index is 5.33. The number of para-hydroxylation sites is 1. The number of nitrogens with one attached hydrogen (secondary N) is 1. The molecule has 29 heavy (non-hydrogen) atoms. The van der Waals surface area contributed by atoms with Crippen LogP contribution in [0.25, 0.3) is 22.3 Å². The lowest BCUT2D eigenvalue weighted by Crippen LogP contribution is -1.99. The van der Waals surface area contributed by atoms with E-state index in [4.69, 9.17) is 9.47 Å². The molecular weight excluding hydrogens is 366 g/mol. The van der Waals surface area contributed by atoms with Crippen LogP contribution in [0.15, 0.2) is 72.1 Å². The molecule has 4 aromatic rings. The molecule has 0 saturated heterocycles. The Morgan fingerprint density at radius 3 is 2.59 bits per heavy atom. The van der Waals surface area contributed by atoms with Crippen LogP contribution in [0.1, 0.15) is 5.56 Å². The molecule has 4 rings (SSSR count). The molecule has 0 atom stereocenters. The van der Waals surface area contributed by atoms with Crippen molar-refractivity contribution in [3.8, 4) is 22.9 Å². The summed E-state index contributed by atoms with van der Waals surface area (Å²) in [7, 11) is 3.21. The molecule has 7 nitrogen and oxygen atoms in total. The van der Waals surface area contributed by atoms with Crippen LogP contribution in [0.5, 0.6) is 11.5 Å². The summed E-state index contributed by atoms with van der Waals surface area (Å²) < 4.78 is 10.6. The van der Waals surface area contributed by atoms with Gasteiger partial charge in [0.1, 0.15) is 0 Å². The van der Waals surface area contributed by atoms with E-state index in [0.717, 1.165) is 22.0 Å². The molecule has 0 saturated carbocycles. The largest absolute Gasteiger partial charge is 0.493 e. The zero-order chi connectivity index (χ0) is 20.1. The van der Waals surface area contributed by atoms with E-state index >= 15 is 0 Å². The molecule has 0 spiro atoms. The number of aromatic nitrogens is 3. The third-order valence-electron chi connectivity index (χ3n) is 4.31. The molecule has 0 bridgehead atoms. The minimum absolute atomic E-state index is 0.584. The van der Waals surface area contributed by atoms with Gasteiger partial charge in [0, 0.05) is 23.3 Å². The standard InChI is InChI=1S/C22H19N5O2/c1-28-19-10-9-15(12-20(19)29-2)13-24-27-22-17-7-3-4-8-18(17)25-21(26-22)16-6-5-11-23-14-16/h3-14H,1-2H3,(H,25,26,27). The van der Waals surface area contributed by atoms with E-state index in [1.807, 2.05) is 54.6 Å². The number of nitrogens with zero attached hydrogens (tertiary/aromatic N) is 4. The van der Waals surface area contributed by atoms with Gasteiger partial charge in [0.15, 0.2) is 23.1 Å². The van der Waals surface area contributed by atoms with Crippen molar-refractivity contribution in [2.24, 2.45) is 5.10 Å². The minimum Gasteiger partial charge on any atom is -0.493 e. The first kappa shape index (κ1) is 18.4. The summed E-state index contributed by atoms with van der Waals surface area (Å²) in [5, 5.41) is 5.23. The van der Waals surface area contributed by atoms with Crippen molar-refractivity contribution in [3.63, 3.8) is 0 Å². The lowest BCUT2D eigenvalue weighted by molar-refractivity contribution is 0.355. The van der Waals surface area contributed by atoms with E-state index in [-0.39, 0.29) is 0 Å². The molecule has 2 aromatic carbocycles. The molecule has 0 aliphatic carbocycles. The van der Waals surface area contributed by atoms with Crippen molar-refractivity contribution in [1.29, 1.82) is 0 Å². The van der Waals surface area contributed by atoms with Gasteiger partial charge < -0.3 is 9.47 Å². The number of hydrogen-bond acceptors (Lipinski definition) is 7. The van der Waals surface area contributed by atoms with Crippen molar-refractivity contribution >= 4 is 22.9 Å². The smallest absolute Gasteiger partial charge is 0.163 e. The first-order chi connectivity index (χ1) is 14.3. The first-order valence-corrected chi connectivity index (χ1v) is 8.97. The predicted octanol–water partition coefficient (Wildman–Crippen LogP) is 4.16. The van der Waals surface area contributed by atoms with Crippen LogP contribution in [-0.2, 0) is 0 Å². The van der Waals surface area contributed by atoms with Gasteiger partial charge in [0.25, 0.3) is 0 Å². The number of pyridine rings is 1. The predicted molar refractivity (Wildman–Crippen MR) is 114 cm³/mol. The topological polar surface area (TPSA) is 81.5 Å². The lowest BCUT2D eigenvalue weighted by Gasteiger charge is -2.09. The molecule has 0 radical (unpaired) electrons. The lowest BCUT2D eigenvalue weighted by atomic mass is 10.2. The van der Waals surface area contributed by atoms with Crippen LogP contribution in [0.3, 0.4) is 0 Å². The highest BCUT2D eigenvalue weighted by molar-refractivity contribution is 5.91. The Labute approximate surface area is 168 Å². The third kappa shape index (κ3) is 3.98. The maximum Gasteiger partial charge on any atom is 0.163 e. The van der Waals surface area contributed by atoms with Crippen molar-refractivity contribution in [2.75, 3.05) is 19.6 Å². The fourth-order valence-corrected chi connectivity index (χ4v) is 2.89. The fourth-order valence-electron chi connectivity index (χ4n) is 2.89. The van der Waals surface area contributed by atoms with Gasteiger partial charge in [0.05, 0.1) is 26.0 Å². The van der Waals surface area contributed by atoms with Gasteiger partial charge in [-0.05, 0) is 48.0 Å². The maximum atomic E-state index is 5.33. The second-order valence-corrected chi connectivity index (χ2v) is 6.14. The molecular formula is C22H19N5O2. The summed E-state index contributed by atoms with van der Waals surface area (Å²) in [4.78, 5) is 13.4. The Balaban J connectivity index is 1.66. The number of ether oxygens (including phenoxy) is 2. The highest BCUT2D eigenvalue weighted by Crippen LogP contribution is 2.27. The molecule has 2 heterocycles. The summed E-state index contributed by atoms with van der Waals surface area (Å²) in [5.74, 6) is 2.51. The van der Waals surface area contributed by atoms with Crippen LogP contribution in [0, 0.1) is 0 Å². The highest BCUT2D eigenvalue weighted by Gasteiger charge is 2.09. The van der Waals surface area contributed by atoms with Crippen molar-refractivity contribution < 1.29 is 9.47 Å². The van der Waals surface area contributed by atoms with Crippen molar-refractivity contribution in [1.82, 2.24) is 15.0 Å². The van der Waals surface area contributed by atoms with Gasteiger partial charge >= 0.3 is 0 Å². The summed E-state index contributed by atoms with van der Waals surface area (Å²) in [6.45, 7) is 0. The van der Waals surface area contributed by atoms with E-state index in [1.54, 1.807) is 32.8 Å². The average molecular weight is 385 g/mol. The molecule has 0 unspecified atom stereocenters. The Bertz CT molecular complexity index is 1160. The van der Waals surface area contributed by atoms with Crippen LogP contribution in [-0.4, -0.2) is 35.4 Å². The van der Waals surface area contributed by atoms with Crippen molar-refractivity contribution in [3.05, 3.63) is 72.6 Å². The van der Waals surface area contributed by atoms with Crippen molar-refractivity contribution in [2.45, 2.75) is 0 Å². The number of benzene rings is 2. The summed E-state index contributed by atoms with van der Waals surface area (Å²) in [5.41, 5.74) is 5.56. The fraction of sp³-hybridized carbons (Fsp3) is 0.0909. The average Bonchev–Trinajstić information content (AvgIpc) is 2.79. The molecule has 0 aliphatic rings. The molecule has 0 amide bonds. The zero-order valence-corrected chi connectivity index (χ0v) is 16.0. The third-order valence-corrected chi connectivity index (χ3v) is 4.31. The zero-order valence-electron chi connectivity index (χ0n) is 16.0. The molecule has 2 aromatic heterocycles. The van der Waals surface area contributed by atoms with Gasteiger partial charge in [0.2, 0.25) is 0 Å². The Hall–Kier alpha value is -4.00. The number of hydrazone groups is 1. The molecule has 1 N–H and O–H groups in total. The van der Waals surface area contributed by atoms with E-state index in [0.29, 0.717) is 23.1 Å². The number of anilines is 1. The Kier molecular flexibility index (Phi) is 5.29. The van der Waals surface area contributed by atoms with E-state index < -0.39 is 0 Å². The van der Waals surface area contributed by atoms with Gasteiger partial charge in [-0.25, -0.2) is 9.97 Å². The van der Waals surface area contributed by atoms with Gasteiger partial charge in [-0.1, -0.05) is 12.1 Å². The van der Waals surface area contributed by atoms with Gasteiger partial charge in [-0.2, -0.15) is 5.10 Å². The summed E-state index contributed by atoms with van der Waals surface area (Å²) in [6, 6.07) is 17.1. The van der Waals surface area contributed by atoms with Crippen LogP contribution in [0.2, 0.25) is 0 Å². The summed E-state index contributed by atoms with van der Waals surface area (Å²) >= 11 is 0. The number of rotatable bonds is 6. The molecule has 7 heteroatoms. The number of methoxy groups -OCH3 is 2. The number of fused-ring (bicyclic) bond motifs is 1. The SMILES string of the molecule is COc1ccc(C=NNc2nc(-c3cccnc3)nc3ccccc23)cc1OC. The van der Waals surface area contributed by atoms with Gasteiger partial charge in [-0.15, -0.1) is 0 Å². The monoisotopic (exact) mass is 385 g/mol. The van der Waals surface area contributed by atoms with E-state index in [9.17, 15) is 0 Å². The summed E-state index contributed by atoms with van der Waals surface area (Å²) in [6.07, 6.45) is 5.15. The van der Waals surface area contributed by atoms with Crippen LogP contribution < -0.4 is 14.9 Å². The van der Waals surface area contributed by atoms with E-state index in [1.165, 1.54) is 0 Å². The second kappa shape index (κ2) is 8.35. The Morgan fingerprint density at radius 1 is 0.931 bits per heavy atom. The minimum atomic E-state index is 0.584. The highest BCUT2D eigenvalue weighted by atomic mass is 16.5. The molecule has 0 fully saturated rings. The molecule has 0 aliphatic heterocycles. The second-order valence-electron chi connectivity index (χ2n) is 6.14. The van der Waals surface area contributed by atoms with Gasteiger partial charge in [-0.3, -0.25) is 10.4 Å². The Morgan fingerprint density at radius 2 is 1.79 bits per heavy atom. The van der Waals surface area contributed by atoms with E-state index in [2.05, 4.69) is 25.5 Å². The normalized spacial score (nSPS) is 11.0.